The highest BCUT2D eigenvalue weighted by atomic mass is 35.5. The molecule has 2 aromatic carbocycles. The summed E-state index contributed by atoms with van der Waals surface area (Å²) in [6.07, 6.45) is 0.877. The van der Waals surface area contributed by atoms with Crippen molar-refractivity contribution < 1.29 is 13.2 Å². The summed E-state index contributed by atoms with van der Waals surface area (Å²) in [4.78, 5) is 0.262. The van der Waals surface area contributed by atoms with Crippen molar-refractivity contribution in [3.8, 4) is 5.75 Å². The molecule has 0 fully saturated rings. The van der Waals surface area contributed by atoms with Gasteiger partial charge in [0.15, 0.2) is 0 Å². The van der Waals surface area contributed by atoms with E-state index in [9.17, 15) is 8.42 Å². The molecular formula is C18H22ClNO3S. The molecule has 1 N–H and O–H groups in total. The zero-order valence-corrected chi connectivity index (χ0v) is 15.7. The fourth-order valence-electron chi connectivity index (χ4n) is 2.32. The van der Waals surface area contributed by atoms with Gasteiger partial charge in [0.25, 0.3) is 0 Å². The van der Waals surface area contributed by atoms with Gasteiger partial charge >= 0.3 is 0 Å². The Hall–Kier alpha value is -1.56. The molecule has 0 spiro atoms. The summed E-state index contributed by atoms with van der Waals surface area (Å²) in [5.74, 6) is 0.681. The quantitative estimate of drug-likeness (QED) is 0.755. The van der Waals surface area contributed by atoms with Crippen LogP contribution in [0.25, 0.3) is 0 Å². The molecule has 0 amide bonds. The van der Waals surface area contributed by atoms with Crippen LogP contribution in [0.3, 0.4) is 0 Å². The predicted octanol–water partition coefficient (Wildman–Crippen LogP) is 3.88. The molecule has 0 aliphatic heterocycles. The van der Waals surface area contributed by atoms with Gasteiger partial charge in [0.1, 0.15) is 12.4 Å². The lowest BCUT2D eigenvalue weighted by molar-refractivity contribution is 0.322. The maximum atomic E-state index is 12.2. The van der Waals surface area contributed by atoms with Crippen molar-refractivity contribution in [1.29, 1.82) is 0 Å². The molecule has 0 aromatic heterocycles. The van der Waals surface area contributed by atoms with E-state index in [1.54, 1.807) is 12.1 Å². The lowest BCUT2D eigenvalue weighted by Gasteiger charge is -2.11. The van der Waals surface area contributed by atoms with Crippen molar-refractivity contribution >= 4 is 21.6 Å². The molecule has 0 radical (unpaired) electrons. The number of hydrogen-bond donors (Lipinski definition) is 1. The molecule has 0 atom stereocenters. The van der Waals surface area contributed by atoms with Crippen LogP contribution >= 0.6 is 11.6 Å². The topological polar surface area (TPSA) is 55.4 Å². The average molecular weight is 368 g/mol. The SMILES string of the molecule is CCc1ccc(S(=O)(=O)NCCOc2cc(C)c(Cl)c(C)c2)cc1. The van der Waals surface area contributed by atoms with E-state index >= 15 is 0 Å². The zero-order valence-electron chi connectivity index (χ0n) is 14.1. The van der Waals surface area contributed by atoms with Gasteiger partial charge in [-0.3, -0.25) is 0 Å². The number of sulfonamides is 1. The van der Waals surface area contributed by atoms with E-state index in [0.717, 1.165) is 28.1 Å². The first-order valence-corrected chi connectivity index (χ1v) is 9.67. The molecule has 2 aromatic rings. The molecule has 0 heterocycles. The summed E-state index contributed by atoms with van der Waals surface area (Å²) in [6, 6.07) is 10.6. The normalized spacial score (nSPS) is 11.5. The van der Waals surface area contributed by atoms with Crippen LogP contribution < -0.4 is 9.46 Å². The Morgan fingerprint density at radius 2 is 1.67 bits per heavy atom. The second-order valence-electron chi connectivity index (χ2n) is 5.61. The highest BCUT2D eigenvalue weighted by molar-refractivity contribution is 7.89. The van der Waals surface area contributed by atoms with E-state index in [1.165, 1.54) is 0 Å². The van der Waals surface area contributed by atoms with Crippen molar-refractivity contribution in [2.75, 3.05) is 13.2 Å². The first-order chi connectivity index (χ1) is 11.3. The van der Waals surface area contributed by atoms with Crippen molar-refractivity contribution in [3.63, 3.8) is 0 Å². The molecule has 0 saturated carbocycles. The van der Waals surface area contributed by atoms with Gasteiger partial charge in [-0.15, -0.1) is 0 Å². The third-order valence-corrected chi connectivity index (χ3v) is 5.79. The summed E-state index contributed by atoms with van der Waals surface area (Å²) in [7, 11) is -3.51. The summed E-state index contributed by atoms with van der Waals surface area (Å²) in [5, 5.41) is 0.721. The summed E-state index contributed by atoms with van der Waals surface area (Å²) in [5.41, 5.74) is 2.97. The first-order valence-electron chi connectivity index (χ1n) is 7.81. The third-order valence-electron chi connectivity index (χ3n) is 3.71. The molecule has 130 valence electrons. The Morgan fingerprint density at radius 1 is 1.08 bits per heavy atom. The van der Waals surface area contributed by atoms with Gasteiger partial charge in [-0.25, -0.2) is 13.1 Å². The standard InChI is InChI=1S/C18H22ClNO3S/c1-4-15-5-7-17(8-6-15)24(21,22)20-9-10-23-16-11-13(2)18(19)14(3)12-16/h5-8,11-12,20H,4,9-10H2,1-3H3. The molecule has 6 heteroatoms. The summed E-state index contributed by atoms with van der Waals surface area (Å²) < 4.78 is 32.6. The van der Waals surface area contributed by atoms with E-state index in [4.69, 9.17) is 16.3 Å². The fraction of sp³-hybridized carbons (Fsp3) is 0.333. The number of aryl methyl sites for hydroxylation is 3. The van der Waals surface area contributed by atoms with Crippen LogP contribution in [0, 0.1) is 13.8 Å². The highest BCUT2D eigenvalue weighted by Gasteiger charge is 2.13. The van der Waals surface area contributed by atoms with Gasteiger partial charge in [0, 0.05) is 11.6 Å². The fourth-order valence-corrected chi connectivity index (χ4v) is 3.44. The van der Waals surface area contributed by atoms with E-state index in [0.29, 0.717) is 5.75 Å². The molecule has 2 rings (SSSR count). The van der Waals surface area contributed by atoms with E-state index < -0.39 is 10.0 Å². The minimum atomic E-state index is -3.51. The number of benzene rings is 2. The van der Waals surface area contributed by atoms with Gasteiger partial charge < -0.3 is 4.74 Å². The number of nitrogens with one attached hydrogen (secondary N) is 1. The predicted molar refractivity (Wildman–Crippen MR) is 97.4 cm³/mol. The second kappa shape index (κ2) is 8.01. The van der Waals surface area contributed by atoms with E-state index in [1.807, 2.05) is 45.0 Å². The third kappa shape index (κ3) is 4.72. The largest absolute Gasteiger partial charge is 0.492 e. The monoisotopic (exact) mass is 367 g/mol. The van der Waals surface area contributed by atoms with Crippen LogP contribution in [0.5, 0.6) is 5.75 Å². The van der Waals surface area contributed by atoms with E-state index in [2.05, 4.69) is 4.72 Å². The number of ether oxygens (including phenoxy) is 1. The van der Waals surface area contributed by atoms with Crippen LogP contribution in [0.1, 0.15) is 23.6 Å². The molecule has 0 aliphatic carbocycles. The average Bonchev–Trinajstić information content (AvgIpc) is 2.56. The van der Waals surface area contributed by atoms with Crippen LogP contribution in [0.4, 0.5) is 0 Å². The van der Waals surface area contributed by atoms with Crippen LogP contribution in [-0.2, 0) is 16.4 Å². The number of halogens is 1. The van der Waals surface area contributed by atoms with Crippen molar-refractivity contribution in [1.82, 2.24) is 4.72 Å². The maximum Gasteiger partial charge on any atom is 0.240 e. The molecule has 0 unspecified atom stereocenters. The zero-order chi connectivity index (χ0) is 17.7. The lowest BCUT2D eigenvalue weighted by atomic mass is 10.1. The number of rotatable bonds is 7. The van der Waals surface area contributed by atoms with Gasteiger partial charge in [0.05, 0.1) is 4.90 Å². The van der Waals surface area contributed by atoms with Crippen LogP contribution in [-0.4, -0.2) is 21.6 Å². The smallest absolute Gasteiger partial charge is 0.240 e. The Kier molecular flexibility index (Phi) is 6.27. The first kappa shape index (κ1) is 18.8. The Morgan fingerprint density at radius 3 is 2.21 bits per heavy atom. The Balaban J connectivity index is 1.91. The Labute approximate surface area is 148 Å². The molecular weight excluding hydrogens is 346 g/mol. The summed E-state index contributed by atoms with van der Waals surface area (Å²) >= 11 is 6.11. The second-order valence-corrected chi connectivity index (χ2v) is 7.76. The van der Waals surface area contributed by atoms with E-state index in [-0.39, 0.29) is 18.0 Å². The van der Waals surface area contributed by atoms with Crippen LogP contribution in [0.2, 0.25) is 5.02 Å². The van der Waals surface area contributed by atoms with Gasteiger partial charge in [0.2, 0.25) is 10.0 Å². The maximum absolute atomic E-state index is 12.2. The molecule has 24 heavy (non-hydrogen) atoms. The van der Waals surface area contributed by atoms with Crippen molar-refractivity contribution in [2.24, 2.45) is 0 Å². The number of hydrogen-bond acceptors (Lipinski definition) is 3. The van der Waals surface area contributed by atoms with Crippen LogP contribution in [0.15, 0.2) is 41.3 Å². The van der Waals surface area contributed by atoms with Crippen molar-refractivity contribution in [3.05, 3.63) is 58.1 Å². The van der Waals surface area contributed by atoms with Crippen molar-refractivity contribution in [2.45, 2.75) is 32.1 Å². The lowest BCUT2D eigenvalue weighted by Crippen LogP contribution is -2.28. The minimum Gasteiger partial charge on any atom is -0.492 e. The summed E-state index contributed by atoms with van der Waals surface area (Å²) in [6.45, 7) is 6.28. The molecule has 0 saturated heterocycles. The highest BCUT2D eigenvalue weighted by Crippen LogP contribution is 2.25. The minimum absolute atomic E-state index is 0.193. The van der Waals surface area contributed by atoms with Gasteiger partial charge in [-0.05, 0) is 61.2 Å². The Bertz CT molecular complexity index is 779. The molecule has 0 bridgehead atoms. The van der Waals surface area contributed by atoms with Gasteiger partial charge in [-0.1, -0.05) is 30.7 Å². The molecule has 4 nitrogen and oxygen atoms in total. The molecule has 0 aliphatic rings. The van der Waals surface area contributed by atoms with Gasteiger partial charge in [-0.2, -0.15) is 0 Å².